The SMILES string of the molecule is CC(C)(C)CC(=C=C([SiH](c1ccccc1)c1ccccc1)C(C)(C)C)[SiH](c1ccccc1)c1ccccc1. The molecule has 38 heavy (non-hydrogen) atoms. The van der Waals surface area contributed by atoms with Crippen molar-refractivity contribution < 1.29 is 0 Å². The third-order valence-electron chi connectivity index (χ3n) is 6.99. The molecule has 0 atom stereocenters. The lowest BCUT2D eigenvalue weighted by atomic mass is 9.91. The maximum Gasteiger partial charge on any atom is 0.138 e. The summed E-state index contributed by atoms with van der Waals surface area (Å²) >= 11 is 0. The van der Waals surface area contributed by atoms with Gasteiger partial charge in [-0.05, 0) is 27.6 Å². The Hall–Kier alpha value is -3.17. The third kappa shape index (κ3) is 7.23. The van der Waals surface area contributed by atoms with E-state index in [1.165, 1.54) is 31.1 Å². The van der Waals surface area contributed by atoms with Crippen molar-refractivity contribution in [2.45, 2.75) is 48.0 Å². The summed E-state index contributed by atoms with van der Waals surface area (Å²) in [7, 11) is -3.45. The molecule has 0 N–H and O–H groups in total. The highest BCUT2D eigenvalue weighted by Gasteiger charge is 2.32. The Morgan fingerprint density at radius 3 is 1.11 bits per heavy atom. The molecule has 4 rings (SSSR count). The van der Waals surface area contributed by atoms with Crippen LogP contribution in [0.4, 0.5) is 0 Å². The van der Waals surface area contributed by atoms with Gasteiger partial charge in [0.25, 0.3) is 0 Å². The van der Waals surface area contributed by atoms with Crippen LogP contribution in [0.15, 0.2) is 137 Å². The topological polar surface area (TPSA) is 0 Å². The van der Waals surface area contributed by atoms with Crippen LogP contribution in [0.3, 0.4) is 0 Å². The Labute approximate surface area is 234 Å². The Bertz CT molecular complexity index is 1270. The Kier molecular flexibility index (Phi) is 8.89. The summed E-state index contributed by atoms with van der Waals surface area (Å²) in [6, 6.07) is 44.9. The van der Waals surface area contributed by atoms with Crippen LogP contribution in [0.5, 0.6) is 0 Å². The van der Waals surface area contributed by atoms with Crippen LogP contribution in [0.2, 0.25) is 0 Å². The summed E-state index contributed by atoms with van der Waals surface area (Å²) in [6.07, 6.45) is 1.04. The van der Waals surface area contributed by atoms with Crippen LogP contribution >= 0.6 is 0 Å². The summed E-state index contributed by atoms with van der Waals surface area (Å²) in [6.45, 7) is 14.3. The first-order valence-electron chi connectivity index (χ1n) is 13.8. The highest BCUT2D eigenvalue weighted by atomic mass is 28.3. The first kappa shape index (κ1) is 27.9. The van der Waals surface area contributed by atoms with Crippen molar-refractivity contribution in [3.63, 3.8) is 0 Å². The molecule has 0 amide bonds. The van der Waals surface area contributed by atoms with Gasteiger partial charge in [0.1, 0.15) is 17.6 Å². The molecule has 0 nitrogen and oxygen atoms in total. The van der Waals surface area contributed by atoms with E-state index in [0.29, 0.717) is 0 Å². The summed E-state index contributed by atoms with van der Waals surface area (Å²) in [5.41, 5.74) is 4.46. The van der Waals surface area contributed by atoms with E-state index in [-0.39, 0.29) is 10.8 Å². The average molecular weight is 531 g/mol. The molecule has 0 saturated heterocycles. The van der Waals surface area contributed by atoms with Crippen LogP contribution in [0, 0.1) is 10.8 Å². The lowest BCUT2D eigenvalue weighted by Crippen LogP contribution is -2.48. The maximum atomic E-state index is 4.30. The molecule has 0 bridgehead atoms. The first-order chi connectivity index (χ1) is 18.1. The van der Waals surface area contributed by atoms with Gasteiger partial charge in [0.05, 0.1) is 0 Å². The van der Waals surface area contributed by atoms with Crippen molar-refractivity contribution in [1.29, 1.82) is 0 Å². The summed E-state index contributed by atoms with van der Waals surface area (Å²) < 4.78 is 0. The molecule has 194 valence electrons. The highest BCUT2D eigenvalue weighted by Crippen LogP contribution is 2.30. The van der Waals surface area contributed by atoms with E-state index in [0.717, 1.165) is 6.42 Å². The van der Waals surface area contributed by atoms with Crippen molar-refractivity contribution in [1.82, 2.24) is 0 Å². The zero-order valence-corrected chi connectivity index (χ0v) is 26.2. The zero-order chi connectivity index (χ0) is 27.2. The van der Waals surface area contributed by atoms with E-state index in [4.69, 9.17) is 0 Å². The van der Waals surface area contributed by atoms with Crippen molar-refractivity contribution in [2.24, 2.45) is 10.8 Å². The molecule has 2 heteroatoms. The van der Waals surface area contributed by atoms with Gasteiger partial charge in [-0.3, -0.25) is 0 Å². The quantitative estimate of drug-likeness (QED) is 0.201. The standard InChI is InChI=1S/C36H42Si2/c1-35(2,3)28-33(37(29-19-11-7-12-20-29)30-21-13-8-14-22-30)27-34(36(4,5)6)38(31-23-15-9-16-24-31)32-25-17-10-18-26-32/h7-26,37-38H,28H2,1-6H3. The molecule has 0 radical (unpaired) electrons. The molecule has 0 fully saturated rings. The van der Waals surface area contributed by atoms with E-state index in [2.05, 4.69) is 169 Å². The van der Waals surface area contributed by atoms with Gasteiger partial charge in [0.15, 0.2) is 0 Å². The van der Waals surface area contributed by atoms with Gasteiger partial charge in [-0.25, -0.2) is 0 Å². The fourth-order valence-corrected chi connectivity index (χ4v) is 12.5. The molecule has 0 aliphatic heterocycles. The van der Waals surface area contributed by atoms with Crippen LogP contribution in [0.25, 0.3) is 0 Å². The van der Waals surface area contributed by atoms with Crippen molar-refractivity contribution in [3.8, 4) is 0 Å². The normalized spacial score (nSPS) is 11.9. The molecule has 0 heterocycles. The number of rotatable bonds is 7. The summed E-state index contributed by atoms with van der Waals surface area (Å²) in [5, 5.41) is 8.88. The van der Waals surface area contributed by atoms with Gasteiger partial charge >= 0.3 is 0 Å². The third-order valence-corrected chi connectivity index (χ3v) is 13.8. The Morgan fingerprint density at radius 2 is 0.816 bits per heavy atom. The van der Waals surface area contributed by atoms with E-state index < -0.39 is 17.6 Å². The lowest BCUT2D eigenvalue weighted by molar-refractivity contribution is 0.416. The number of benzene rings is 4. The van der Waals surface area contributed by atoms with E-state index in [9.17, 15) is 0 Å². The zero-order valence-electron chi connectivity index (χ0n) is 23.9. The Morgan fingerprint density at radius 1 is 0.500 bits per heavy atom. The van der Waals surface area contributed by atoms with E-state index in [1.807, 2.05) is 0 Å². The number of allylic oxidation sites excluding steroid dienone is 1. The van der Waals surface area contributed by atoms with Gasteiger partial charge in [0.2, 0.25) is 0 Å². The smallest absolute Gasteiger partial charge is 0.130 e. The minimum absolute atomic E-state index is 0.00195. The molecule has 0 spiro atoms. The fourth-order valence-electron chi connectivity index (χ4n) is 5.36. The predicted octanol–water partition coefficient (Wildman–Crippen LogP) is 6.08. The van der Waals surface area contributed by atoms with Crippen molar-refractivity contribution in [2.75, 3.05) is 0 Å². The summed E-state index contributed by atoms with van der Waals surface area (Å²) in [5.74, 6) is 0. The largest absolute Gasteiger partial charge is 0.138 e. The predicted molar refractivity (Wildman–Crippen MR) is 173 cm³/mol. The van der Waals surface area contributed by atoms with Crippen molar-refractivity contribution in [3.05, 3.63) is 137 Å². The second kappa shape index (κ2) is 12.1. The van der Waals surface area contributed by atoms with E-state index in [1.54, 1.807) is 0 Å². The van der Waals surface area contributed by atoms with Crippen molar-refractivity contribution >= 4 is 38.3 Å². The van der Waals surface area contributed by atoms with Gasteiger partial charge < -0.3 is 0 Å². The van der Waals surface area contributed by atoms with E-state index >= 15 is 0 Å². The number of hydrogen-bond acceptors (Lipinski definition) is 0. The van der Waals surface area contributed by atoms with Gasteiger partial charge in [-0.15, -0.1) is 5.73 Å². The van der Waals surface area contributed by atoms with Crippen LogP contribution in [0.1, 0.15) is 48.0 Å². The van der Waals surface area contributed by atoms with Gasteiger partial charge in [0, 0.05) is 0 Å². The molecule has 0 aromatic heterocycles. The molecule has 0 aliphatic rings. The highest BCUT2D eigenvalue weighted by molar-refractivity contribution is 6.92. The Balaban J connectivity index is 2.09. The maximum absolute atomic E-state index is 4.30. The summed E-state index contributed by atoms with van der Waals surface area (Å²) in [4.78, 5) is 0. The van der Waals surface area contributed by atoms with Crippen LogP contribution in [-0.2, 0) is 0 Å². The number of hydrogen-bond donors (Lipinski definition) is 0. The fraction of sp³-hybridized carbons (Fsp3) is 0.250. The first-order valence-corrected chi connectivity index (χ1v) is 17.3. The molecular formula is C36H42Si2. The molecular weight excluding hydrogens is 489 g/mol. The molecule has 0 unspecified atom stereocenters. The second-order valence-corrected chi connectivity index (χ2v) is 18.2. The van der Waals surface area contributed by atoms with Gasteiger partial charge in [-0.2, -0.15) is 0 Å². The minimum atomic E-state index is -1.74. The van der Waals surface area contributed by atoms with Crippen LogP contribution in [-0.4, -0.2) is 17.6 Å². The van der Waals surface area contributed by atoms with Crippen LogP contribution < -0.4 is 20.7 Å². The molecule has 4 aromatic rings. The molecule has 0 saturated carbocycles. The lowest BCUT2D eigenvalue weighted by Gasteiger charge is -2.31. The van der Waals surface area contributed by atoms with Gasteiger partial charge in [-0.1, -0.05) is 184 Å². The minimum Gasteiger partial charge on any atom is -0.130 e. The second-order valence-electron chi connectivity index (χ2n) is 12.6. The molecule has 4 aromatic carbocycles. The molecule has 0 aliphatic carbocycles. The monoisotopic (exact) mass is 530 g/mol. The average Bonchev–Trinajstić information content (AvgIpc) is 2.89.